The van der Waals surface area contributed by atoms with Crippen molar-refractivity contribution in [3.63, 3.8) is 0 Å². The molecule has 0 saturated carbocycles. The molecule has 45 heavy (non-hydrogen) atoms. The first kappa shape index (κ1) is 41.4. The Morgan fingerprint density at radius 3 is 0.511 bits per heavy atom. The number of hydrogen-bond donors (Lipinski definition) is 0. The average Bonchev–Trinajstić information content (AvgIpc) is 3.01. The molecule has 0 spiro atoms. The summed E-state index contributed by atoms with van der Waals surface area (Å²) in [6.45, 7) is 3.10. The number of rotatable bonds is 31. The standard InChI is InChI=1S/C34H48O11/c1-3-25(36)6-7-27(38)10-11-29(40)14-15-31(42)18-19-33(44)22-23-34(45)21-20-32(43)17-16-30(41)13-12-28(39)9-8-26(37)5-4-24(2)35/h3-23H2,1-2H3. The van der Waals surface area contributed by atoms with Gasteiger partial charge in [0.05, 0.1) is 0 Å². The van der Waals surface area contributed by atoms with Gasteiger partial charge in [0.15, 0.2) is 0 Å². The van der Waals surface area contributed by atoms with Crippen LogP contribution in [0.4, 0.5) is 0 Å². The van der Waals surface area contributed by atoms with E-state index in [1.807, 2.05) is 0 Å². The van der Waals surface area contributed by atoms with E-state index in [4.69, 9.17) is 0 Å². The Kier molecular flexibility index (Phi) is 22.7. The molecule has 11 heteroatoms. The van der Waals surface area contributed by atoms with Crippen molar-refractivity contribution in [2.45, 2.75) is 149 Å². The summed E-state index contributed by atoms with van der Waals surface area (Å²) < 4.78 is 0. The Morgan fingerprint density at radius 2 is 0.378 bits per heavy atom. The van der Waals surface area contributed by atoms with Crippen LogP contribution in [0, 0.1) is 0 Å². The lowest BCUT2D eigenvalue weighted by Gasteiger charge is -2.04. The maximum absolute atomic E-state index is 12.1. The minimum atomic E-state index is -0.281. The molecule has 250 valence electrons. The molecule has 0 N–H and O–H groups in total. The largest absolute Gasteiger partial charge is 0.300 e. The molecule has 0 unspecified atom stereocenters. The van der Waals surface area contributed by atoms with E-state index in [1.54, 1.807) is 6.92 Å². The van der Waals surface area contributed by atoms with Gasteiger partial charge in [-0.25, -0.2) is 0 Å². The van der Waals surface area contributed by atoms with E-state index in [0.717, 1.165) is 0 Å². The Balaban J connectivity index is 3.97. The monoisotopic (exact) mass is 632 g/mol. The molecule has 11 nitrogen and oxygen atoms in total. The summed E-state index contributed by atoms with van der Waals surface area (Å²) in [7, 11) is 0. The SMILES string of the molecule is CCC(=O)CCC(=O)CCC(=O)CCC(=O)CCC(=O)CCC(=O)CCC(=O)CCC(=O)CCC(=O)CCC(=O)CCC(C)=O. The van der Waals surface area contributed by atoms with E-state index >= 15 is 0 Å². The quantitative estimate of drug-likeness (QED) is 0.105. The summed E-state index contributed by atoms with van der Waals surface area (Å²) in [6, 6.07) is 0. The molecule has 0 aromatic rings. The van der Waals surface area contributed by atoms with Gasteiger partial charge in [0.2, 0.25) is 0 Å². The predicted octanol–water partition coefficient (Wildman–Crippen LogP) is 4.48. The third kappa shape index (κ3) is 25.4. The summed E-state index contributed by atoms with van der Waals surface area (Å²) in [4.78, 5) is 129. The third-order valence-electron chi connectivity index (χ3n) is 7.29. The Bertz CT molecular complexity index is 1110. The molecule has 0 aliphatic rings. The van der Waals surface area contributed by atoms with Crippen LogP contribution in [0.2, 0.25) is 0 Å². The van der Waals surface area contributed by atoms with Crippen molar-refractivity contribution >= 4 is 63.6 Å². The topological polar surface area (TPSA) is 188 Å². The van der Waals surface area contributed by atoms with Crippen molar-refractivity contribution in [2.75, 3.05) is 0 Å². The Labute approximate surface area is 265 Å². The zero-order valence-corrected chi connectivity index (χ0v) is 26.8. The second kappa shape index (κ2) is 24.7. The molecule has 0 amide bonds. The maximum Gasteiger partial charge on any atom is 0.133 e. The summed E-state index contributed by atoms with van der Waals surface area (Å²) in [5.41, 5.74) is 0. The van der Waals surface area contributed by atoms with E-state index in [9.17, 15) is 52.7 Å². The van der Waals surface area contributed by atoms with Gasteiger partial charge in [0, 0.05) is 135 Å². The highest BCUT2D eigenvalue weighted by Gasteiger charge is 2.15. The van der Waals surface area contributed by atoms with Crippen molar-refractivity contribution in [3.8, 4) is 0 Å². The van der Waals surface area contributed by atoms with E-state index in [-0.39, 0.29) is 192 Å². The van der Waals surface area contributed by atoms with Crippen molar-refractivity contribution in [1.82, 2.24) is 0 Å². The summed E-state index contributed by atoms with van der Waals surface area (Å²) >= 11 is 0. The molecule has 0 radical (unpaired) electrons. The third-order valence-corrected chi connectivity index (χ3v) is 7.29. The fraction of sp³-hybridized carbons (Fsp3) is 0.676. The number of Topliss-reactive ketones (excluding diaryl/α,β-unsaturated/α-hetero) is 11. The van der Waals surface area contributed by atoms with Crippen LogP contribution in [0.15, 0.2) is 0 Å². The van der Waals surface area contributed by atoms with Gasteiger partial charge in [-0.15, -0.1) is 0 Å². The number of hydrogen-bond acceptors (Lipinski definition) is 11. The van der Waals surface area contributed by atoms with Gasteiger partial charge in [-0.05, 0) is 6.92 Å². The Hall–Kier alpha value is -3.63. The van der Waals surface area contributed by atoms with E-state index in [0.29, 0.717) is 6.42 Å². The van der Waals surface area contributed by atoms with Crippen LogP contribution in [0.25, 0.3) is 0 Å². The van der Waals surface area contributed by atoms with E-state index in [1.165, 1.54) is 6.92 Å². The van der Waals surface area contributed by atoms with Gasteiger partial charge in [0.25, 0.3) is 0 Å². The molecule has 0 aliphatic heterocycles. The van der Waals surface area contributed by atoms with Crippen LogP contribution in [-0.2, 0) is 52.7 Å². The highest BCUT2D eigenvalue weighted by molar-refractivity contribution is 5.94. The number of carbonyl (C=O) groups is 11. The van der Waals surface area contributed by atoms with Crippen LogP contribution in [0.5, 0.6) is 0 Å². The van der Waals surface area contributed by atoms with E-state index in [2.05, 4.69) is 0 Å². The average molecular weight is 633 g/mol. The van der Waals surface area contributed by atoms with E-state index < -0.39 is 0 Å². The van der Waals surface area contributed by atoms with Crippen molar-refractivity contribution in [3.05, 3.63) is 0 Å². The van der Waals surface area contributed by atoms with Gasteiger partial charge < -0.3 is 4.79 Å². The second-order valence-electron chi connectivity index (χ2n) is 11.4. The predicted molar refractivity (Wildman–Crippen MR) is 163 cm³/mol. The molecule has 0 aliphatic carbocycles. The smallest absolute Gasteiger partial charge is 0.133 e. The maximum atomic E-state index is 12.1. The molecule has 0 saturated heterocycles. The van der Waals surface area contributed by atoms with Gasteiger partial charge in [-0.1, -0.05) is 6.92 Å². The van der Waals surface area contributed by atoms with Crippen molar-refractivity contribution < 1.29 is 52.7 Å². The summed E-state index contributed by atoms with van der Waals surface area (Å²) in [5.74, 6) is -2.26. The van der Waals surface area contributed by atoms with Crippen LogP contribution in [-0.4, -0.2) is 63.6 Å². The van der Waals surface area contributed by atoms with Gasteiger partial charge in [-0.2, -0.15) is 0 Å². The number of ketones is 11. The fourth-order valence-electron chi connectivity index (χ4n) is 4.13. The first-order valence-corrected chi connectivity index (χ1v) is 15.9. The lowest BCUT2D eigenvalue weighted by molar-refractivity contribution is -0.128. The second-order valence-corrected chi connectivity index (χ2v) is 11.4. The lowest BCUT2D eigenvalue weighted by atomic mass is 9.99. The van der Waals surface area contributed by atoms with Crippen molar-refractivity contribution in [1.29, 1.82) is 0 Å². The van der Waals surface area contributed by atoms with Gasteiger partial charge in [0.1, 0.15) is 63.6 Å². The molecule has 0 fully saturated rings. The zero-order valence-electron chi connectivity index (χ0n) is 26.8. The molecule has 0 atom stereocenters. The van der Waals surface area contributed by atoms with Gasteiger partial charge >= 0.3 is 0 Å². The highest BCUT2D eigenvalue weighted by Crippen LogP contribution is 2.10. The molecule has 0 rings (SSSR count). The zero-order chi connectivity index (χ0) is 34.2. The molecule has 0 bridgehead atoms. The highest BCUT2D eigenvalue weighted by atomic mass is 16.2. The molecule has 0 aromatic heterocycles. The molecule has 0 aromatic carbocycles. The summed E-state index contributed by atoms with van der Waals surface area (Å²) in [6.07, 6.45) is 0.489. The summed E-state index contributed by atoms with van der Waals surface area (Å²) in [5, 5.41) is 0. The molecule has 0 heterocycles. The fourth-order valence-corrected chi connectivity index (χ4v) is 4.13. The van der Waals surface area contributed by atoms with Crippen LogP contribution >= 0.6 is 0 Å². The van der Waals surface area contributed by atoms with Crippen LogP contribution < -0.4 is 0 Å². The Morgan fingerprint density at radius 1 is 0.244 bits per heavy atom. The van der Waals surface area contributed by atoms with Crippen molar-refractivity contribution in [2.24, 2.45) is 0 Å². The minimum Gasteiger partial charge on any atom is -0.300 e. The van der Waals surface area contributed by atoms with Crippen LogP contribution in [0.3, 0.4) is 0 Å². The lowest BCUT2D eigenvalue weighted by Crippen LogP contribution is -2.11. The first-order chi connectivity index (χ1) is 21.2. The van der Waals surface area contributed by atoms with Gasteiger partial charge in [-0.3, -0.25) is 47.9 Å². The van der Waals surface area contributed by atoms with Crippen LogP contribution in [0.1, 0.15) is 149 Å². The number of carbonyl (C=O) groups excluding carboxylic acids is 11. The first-order valence-electron chi connectivity index (χ1n) is 15.9. The molecular weight excluding hydrogens is 584 g/mol. The minimum absolute atomic E-state index is 0.00801. The normalized spacial score (nSPS) is 10.6. The molecular formula is C34H48O11.